The van der Waals surface area contributed by atoms with Gasteiger partial charge in [0.2, 0.25) is 0 Å². The second-order valence-electron chi connectivity index (χ2n) is 20.3. The van der Waals surface area contributed by atoms with Gasteiger partial charge in [-0.15, -0.1) is 23.5 Å². The monoisotopic (exact) mass is 1030 g/mol. The van der Waals surface area contributed by atoms with Crippen molar-refractivity contribution < 1.29 is 35.9 Å². The Balaban J connectivity index is 0.971. The Kier molecular flexibility index (Phi) is 22.7. The van der Waals surface area contributed by atoms with Crippen LogP contribution in [0.5, 0.6) is 0 Å². The van der Waals surface area contributed by atoms with Gasteiger partial charge in [-0.2, -0.15) is 26.3 Å². The van der Waals surface area contributed by atoms with Gasteiger partial charge < -0.3 is 10.6 Å². The minimum atomic E-state index is -5.63. The highest BCUT2D eigenvalue weighted by Crippen LogP contribution is 2.69. The molecular formula is C59H80F6N2O2S2. The molecule has 4 nitrogen and oxygen atoms in total. The molecule has 4 aliphatic rings. The van der Waals surface area contributed by atoms with E-state index in [9.17, 15) is 9.59 Å². The van der Waals surface area contributed by atoms with Crippen molar-refractivity contribution in [3.8, 4) is 0 Å². The summed E-state index contributed by atoms with van der Waals surface area (Å²) in [5.74, 6) is -16.3. The number of hydrogen-bond donors (Lipinski definition) is 2. The van der Waals surface area contributed by atoms with Gasteiger partial charge in [-0.05, 0) is 71.5 Å². The van der Waals surface area contributed by atoms with Crippen molar-refractivity contribution >= 4 is 45.1 Å². The van der Waals surface area contributed by atoms with E-state index in [1.807, 2.05) is 0 Å². The number of nitrogens with one attached hydrogen (secondary N) is 2. The molecule has 0 spiro atoms. The van der Waals surface area contributed by atoms with Gasteiger partial charge in [-0.3, -0.25) is 9.59 Å². The van der Waals surface area contributed by atoms with Gasteiger partial charge in [0.25, 0.3) is 11.8 Å². The first-order valence-corrected chi connectivity index (χ1v) is 29.3. The third-order valence-electron chi connectivity index (χ3n) is 14.7. The van der Waals surface area contributed by atoms with Crippen molar-refractivity contribution in [2.45, 2.75) is 222 Å². The van der Waals surface area contributed by atoms with Crippen LogP contribution in [0.2, 0.25) is 0 Å². The van der Waals surface area contributed by atoms with E-state index in [0.717, 1.165) is 38.5 Å². The first-order chi connectivity index (χ1) is 34.3. The summed E-state index contributed by atoms with van der Waals surface area (Å²) < 4.78 is 93.4. The number of amides is 2. The largest absolute Gasteiger partial charge is 0.380 e. The Morgan fingerprint density at radius 2 is 0.690 bits per heavy atom. The van der Waals surface area contributed by atoms with E-state index < -0.39 is 39.4 Å². The molecule has 0 unspecified atom stereocenters. The molecule has 2 N–H and O–H groups in total. The number of rotatable bonds is 34. The van der Waals surface area contributed by atoms with Gasteiger partial charge in [-0.25, -0.2) is 0 Å². The number of halogens is 6. The maximum atomic E-state index is 15.7. The molecule has 1 saturated carbocycles. The molecule has 6 rings (SSSR count). The summed E-state index contributed by atoms with van der Waals surface area (Å²) in [6.07, 6.45) is 37.6. The van der Waals surface area contributed by atoms with Gasteiger partial charge in [0.05, 0.1) is 10.5 Å². The van der Waals surface area contributed by atoms with Crippen molar-refractivity contribution in [1.82, 2.24) is 10.6 Å². The number of alkyl halides is 6. The SMILES string of the molecule is CCCCCCCCCCCCCCCCNC(=O)c1ccc(C2=CC3=C4C(=C5C=C(c6ccc(C(=O)NCCCCCCCCCCCCCCCC)cc6)S[C@@H]5[C@H]3S2)C(F)(F)C(F)(F)C4(F)F)cc1. The van der Waals surface area contributed by atoms with Crippen LogP contribution < -0.4 is 10.6 Å². The Morgan fingerprint density at radius 3 is 0.972 bits per heavy atom. The molecule has 392 valence electrons. The molecule has 1 fully saturated rings. The van der Waals surface area contributed by atoms with Crippen LogP contribution in [-0.2, 0) is 0 Å². The zero-order valence-electron chi connectivity index (χ0n) is 42.5. The third kappa shape index (κ3) is 14.9. The van der Waals surface area contributed by atoms with Crippen LogP contribution in [0.1, 0.15) is 225 Å². The number of carbonyl (C=O) groups excluding carboxylic acids is 2. The molecule has 0 bridgehead atoms. The van der Waals surface area contributed by atoms with E-state index in [1.54, 1.807) is 48.5 Å². The predicted molar refractivity (Wildman–Crippen MR) is 286 cm³/mol. The minimum absolute atomic E-state index is 0.224. The summed E-state index contributed by atoms with van der Waals surface area (Å²) in [4.78, 5) is 26.9. The summed E-state index contributed by atoms with van der Waals surface area (Å²) in [6.45, 7) is 5.59. The summed E-state index contributed by atoms with van der Waals surface area (Å²) >= 11 is 2.37. The summed E-state index contributed by atoms with van der Waals surface area (Å²) in [6, 6.07) is 13.2. The highest BCUT2D eigenvalue weighted by atomic mass is 32.2. The number of unbranched alkanes of at least 4 members (excludes halogenated alkanes) is 26. The van der Waals surface area contributed by atoms with Crippen LogP contribution in [-0.4, -0.2) is 53.2 Å². The smallest absolute Gasteiger partial charge is 0.352 e. The molecule has 71 heavy (non-hydrogen) atoms. The molecular weight excluding hydrogens is 947 g/mol. The summed E-state index contributed by atoms with van der Waals surface area (Å²) in [5, 5.41) is 4.25. The van der Waals surface area contributed by atoms with E-state index >= 15 is 26.3 Å². The molecule has 0 aromatic heterocycles. The van der Waals surface area contributed by atoms with E-state index in [1.165, 1.54) is 177 Å². The second kappa shape index (κ2) is 28.3. The number of carbonyl (C=O) groups is 2. The topological polar surface area (TPSA) is 58.2 Å². The fourth-order valence-corrected chi connectivity index (χ4v) is 13.4. The fourth-order valence-electron chi connectivity index (χ4n) is 10.4. The Labute approximate surface area is 430 Å². The number of hydrogen-bond acceptors (Lipinski definition) is 4. The minimum Gasteiger partial charge on any atom is -0.352 e. The average molecular weight is 1030 g/mol. The quantitative estimate of drug-likeness (QED) is 0.0542. The van der Waals surface area contributed by atoms with Gasteiger partial charge in [0, 0.05) is 45.2 Å². The number of allylic oxidation sites excluding steroid dienone is 4. The van der Waals surface area contributed by atoms with Gasteiger partial charge in [0.1, 0.15) is 0 Å². The maximum absolute atomic E-state index is 15.7. The maximum Gasteiger partial charge on any atom is 0.380 e. The molecule has 0 radical (unpaired) electrons. The van der Waals surface area contributed by atoms with E-state index in [0.29, 0.717) is 45.2 Å². The normalized spacial score (nSPS) is 19.4. The lowest BCUT2D eigenvalue weighted by Gasteiger charge is -2.30. The molecule has 12 heteroatoms. The molecule has 2 atom stereocenters. The number of thioether (sulfide) groups is 2. The van der Waals surface area contributed by atoms with Crippen molar-refractivity contribution in [2.24, 2.45) is 0 Å². The van der Waals surface area contributed by atoms with E-state index in [4.69, 9.17) is 0 Å². The van der Waals surface area contributed by atoms with Gasteiger partial charge in [0.15, 0.2) is 0 Å². The highest BCUT2D eigenvalue weighted by Gasteiger charge is 2.83. The number of fused-ring (bicyclic) bond motifs is 4. The highest BCUT2D eigenvalue weighted by molar-refractivity contribution is 8.13. The molecule has 2 aliphatic heterocycles. The Bertz CT molecular complexity index is 2000. The van der Waals surface area contributed by atoms with Crippen molar-refractivity contribution in [3.63, 3.8) is 0 Å². The molecule has 2 amide bonds. The van der Waals surface area contributed by atoms with E-state index in [2.05, 4.69) is 24.5 Å². The first kappa shape index (κ1) is 56.9. The van der Waals surface area contributed by atoms with Gasteiger partial charge >= 0.3 is 17.8 Å². The van der Waals surface area contributed by atoms with Gasteiger partial charge in [-0.1, -0.05) is 205 Å². The molecule has 2 heterocycles. The molecule has 0 saturated heterocycles. The van der Waals surface area contributed by atoms with Crippen LogP contribution in [0.3, 0.4) is 0 Å². The van der Waals surface area contributed by atoms with Crippen molar-refractivity contribution in [1.29, 1.82) is 0 Å². The third-order valence-corrected chi connectivity index (χ3v) is 17.7. The van der Waals surface area contributed by atoms with Crippen LogP contribution in [0.4, 0.5) is 26.3 Å². The molecule has 2 aromatic carbocycles. The first-order valence-electron chi connectivity index (χ1n) is 27.5. The zero-order chi connectivity index (χ0) is 50.7. The van der Waals surface area contributed by atoms with E-state index in [-0.39, 0.29) is 23.0 Å². The Hall–Kier alpha value is -3.38. The van der Waals surface area contributed by atoms with Crippen LogP contribution in [0.25, 0.3) is 9.81 Å². The lowest BCUT2D eigenvalue weighted by Crippen LogP contribution is -2.47. The van der Waals surface area contributed by atoms with Crippen molar-refractivity contribution in [2.75, 3.05) is 13.1 Å². The second-order valence-corrected chi connectivity index (χ2v) is 22.7. The lowest BCUT2D eigenvalue weighted by atomic mass is 9.84. The zero-order valence-corrected chi connectivity index (χ0v) is 44.2. The summed E-state index contributed by atoms with van der Waals surface area (Å²) in [5.41, 5.74) is -1.06. The average Bonchev–Trinajstić information content (AvgIpc) is 4.04. The van der Waals surface area contributed by atoms with Crippen molar-refractivity contribution in [3.05, 3.63) is 105 Å². The summed E-state index contributed by atoms with van der Waals surface area (Å²) in [7, 11) is 0. The standard InChI is InChI=1S/C59H80F6N2O2S2/c1-3-5-7-9-11-13-15-17-19-21-23-25-27-29-39-66-55(68)45-35-31-43(32-36-45)49-41-47-51-52(58(62,63)59(64,65)57(51,60)61)48-42-50(71-54(48)53(47)70-49)44-33-37-46(38-34-44)56(69)67-40-30-28-26-24-22-20-18-16-14-12-10-8-6-4-2/h31-38,41-42,53-54H,3-30,39-40H2,1-2H3,(H,66,68)(H,67,69)/t53-,54-/m0/s1. The lowest BCUT2D eigenvalue weighted by molar-refractivity contribution is -0.258. The Morgan fingerprint density at radius 1 is 0.423 bits per heavy atom. The number of benzene rings is 2. The molecule has 2 aromatic rings. The fraction of sp³-hybridized carbons (Fsp3) is 0.627. The predicted octanol–water partition coefficient (Wildman–Crippen LogP) is 18.2. The van der Waals surface area contributed by atoms with Crippen LogP contribution in [0, 0.1) is 0 Å². The van der Waals surface area contributed by atoms with Crippen LogP contribution in [0.15, 0.2) is 83.0 Å². The van der Waals surface area contributed by atoms with Crippen LogP contribution >= 0.6 is 23.5 Å². The molecule has 2 aliphatic carbocycles.